The number of sulfonamides is 1. The molecule has 0 saturated heterocycles. The number of benzene rings is 1. The van der Waals surface area contributed by atoms with Crippen LogP contribution >= 0.6 is 0 Å². The van der Waals surface area contributed by atoms with Crippen molar-refractivity contribution >= 4 is 33.8 Å². The average molecular weight is 1030 g/mol. The van der Waals surface area contributed by atoms with Crippen molar-refractivity contribution in [2.75, 3.05) is 6.73 Å². The molecule has 3 amide bonds. The summed E-state index contributed by atoms with van der Waals surface area (Å²) in [6, 6.07) is 9.96. The molecule has 0 aliphatic carbocycles. The van der Waals surface area contributed by atoms with Crippen LogP contribution in [0.1, 0.15) is 215 Å². The Morgan fingerprint density at radius 1 is 0.528 bits per heavy atom. The molecular weight excluding hydrogens is 919 g/mol. The standard InChI is InChI=1S/C17H25NO.3C11H21NO.C10H21NO2S.H2/c1-16(2,3)14(15(19)18-17(4,5)6)12-13-10-8-7-9-11-13;1-10(2,3)7-8-13-9-12-11(4,5)6;2*1-10(2,3)8-7-9(13)12-11(4,5)6;1-9(2,3)7-8-14(12,13)11-10(4,5)6;/h7-12H,1-6H3,(H,18,19);12H,9H2,1-6H3;2*7-8H,1-6H3,(H,12,13);7-8,11H,1-6H3;1H/b14-12-;;8-7+;8-7-;8-7+;. The molecule has 0 spiro atoms. The number of allylic oxidation sites excluding steroid dienone is 3. The normalized spacial score (nSPS) is 13.4. The molecule has 1 rings (SSSR count). The first-order chi connectivity index (χ1) is 31.4. The van der Waals surface area contributed by atoms with E-state index in [-0.39, 0.29) is 68.4 Å². The predicted molar refractivity (Wildman–Crippen MR) is 313 cm³/mol. The minimum atomic E-state index is -3.30. The van der Waals surface area contributed by atoms with E-state index in [4.69, 9.17) is 4.74 Å². The molecule has 1 aromatic carbocycles. The molecule has 0 radical (unpaired) electrons. The summed E-state index contributed by atoms with van der Waals surface area (Å²) in [4.78, 5) is 35.0. The summed E-state index contributed by atoms with van der Waals surface area (Å²) in [5.74, 6) is 2.95. The van der Waals surface area contributed by atoms with E-state index in [0.29, 0.717) is 6.73 Å². The van der Waals surface area contributed by atoms with Crippen molar-refractivity contribution in [2.45, 2.75) is 235 Å². The first-order valence-corrected chi connectivity index (χ1v) is 26.7. The van der Waals surface area contributed by atoms with E-state index in [0.717, 1.165) is 11.1 Å². The molecule has 0 atom stereocenters. The van der Waals surface area contributed by atoms with Crippen LogP contribution < -0.4 is 26.0 Å². The van der Waals surface area contributed by atoms with Gasteiger partial charge in [-0.2, -0.15) is 0 Å². The third kappa shape index (κ3) is 60.1. The maximum absolute atomic E-state index is 12.4. The molecule has 0 aromatic heterocycles. The quantitative estimate of drug-likeness (QED) is 0.0752. The van der Waals surface area contributed by atoms with Gasteiger partial charge in [0.2, 0.25) is 27.7 Å². The fourth-order valence-corrected chi connectivity index (χ4v) is 5.96. The highest BCUT2D eigenvalue weighted by atomic mass is 32.2. The zero-order valence-corrected chi connectivity index (χ0v) is 52.3. The summed E-state index contributed by atoms with van der Waals surface area (Å²) in [6.07, 6.45) is 13.4. The van der Waals surface area contributed by atoms with Gasteiger partial charge in [0.05, 0.1) is 0 Å². The Kier molecular flexibility index (Phi) is 31.2. The molecule has 72 heavy (non-hydrogen) atoms. The Labute approximate surface area is 445 Å². The van der Waals surface area contributed by atoms with Gasteiger partial charge in [-0.3, -0.25) is 19.7 Å². The summed E-state index contributed by atoms with van der Waals surface area (Å²) in [5.41, 5.74) is 0.815. The zero-order chi connectivity index (χ0) is 58.2. The number of ether oxygens (including phenoxy) is 1. The van der Waals surface area contributed by atoms with Crippen molar-refractivity contribution < 1.29 is 29.0 Å². The smallest absolute Gasteiger partial charge is 0.248 e. The van der Waals surface area contributed by atoms with Gasteiger partial charge in [0.15, 0.2) is 6.73 Å². The lowest BCUT2D eigenvalue weighted by Gasteiger charge is -2.27. The van der Waals surface area contributed by atoms with Crippen molar-refractivity contribution in [1.82, 2.24) is 26.0 Å². The number of hydrogen-bond donors (Lipinski definition) is 5. The highest BCUT2D eigenvalue weighted by Crippen LogP contribution is 2.28. The minimum Gasteiger partial charge on any atom is -0.431 e. The van der Waals surface area contributed by atoms with Crippen LogP contribution in [-0.4, -0.2) is 60.6 Å². The number of hydrogen-bond acceptors (Lipinski definition) is 7. The fourth-order valence-electron chi connectivity index (χ4n) is 4.45. The number of rotatable bonds is 8. The summed E-state index contributed by atoms with van der Waals surface area (Å²) in [6.45, 7) is 60.6. The average Bonchev–Trinajstić information content (AvgIpc) is 3.07. The Hall–Kier alpha value is -4.18. The van der Waals surface area contributed by atoms with Crippen LogP contribution in [0.2, 0.25) is 0 Å². The van der Waals surface area contributed by atoms with Crippen LogP contribution in [0.25, 0.3) is 6.08 Å². The summed E-state index contributed by atoms with van der Waals surface area (Å²) in [5, 5.41) is 13.2. The molecule has 0 unspecified atom stereocenters. The third-order valence-electron chi connectivity index (χ3n) is 7.49. The molecule has 0 fully saturated rings. The lowest BCUT2D eigenvalue weighted by atomic mass is 9.84. The first kappa shape index (κ1) is 74.3. The highest BCUT2D eigenvalue weighted by Gasteiger charge is 2.26. The molecule has 0 heterocycles. The van der Waals surface area contributed by atoms with E-state index in [1.807, 2.05) is 152 Å². The van der Waals surface area contributed by atoms with Crippen LogP contribution in [0, 0.1) is 39.1 Å². The molecule has 0 aliphatic heterocycles. The van der Waals surface area contributed by atoms with Gasteiger partial charge in [-0.25, -0.2) is 13.1 Å². The van der Waals surface area contributed by atoms with Crippen molar-refractivity contribution in [3.63, 3.8) is 0 Å². The van der Waals surface area contributed by atoms with E-state index < -0.39 is 15.6 Å². The maximum atomic E-state index is 12.4. The SMILES string of the molecule is CC(C)(C)/C=C/C(=O)NC(C)(C)C.CC(C)(C)/C=C/S(=O)(=O)NC(C)(C)C.CC(C)(C)/C=C\C(=O)NC(C)(C)C.CC(C)(C)C#COCNC(C)(C)C.CC(C)(C)NC(=O)/C(=C/c1ccccc1)C(C)(C)C.[HH]. The lowest BCUT2D eigenvalue weighted by molar-refractivity contribution is -0.120. The first-order valence-electron chi connectivity index (χ1n) is 25.2. The van der Waals surface area contributed by atoms with Crippen molar-refractivity contribution in [1.29, 1.82) is 0 Å². The van der Waals surface area contributed by atoms with E-state index in [9.17, 15) is 22.8 Å². The topological polar surface area (TPSA) is 155 Å². The Bertz CT molecular complexity index is 2010. The number of nitrogens with one attached hydrogen (secondary N) is 5. The fraction of sp³-hybridized carbons (Fsp3) is 0.683. The maximum Gasteiger partial charge on any atom is 0.248 e. The highest BCUT2D eigenvalue weighted by molar-refractivity contribution is 7.92. The van der Waals surface area contributed by atoms with Crippen LogP contribution in [0.4, 0.5) is 0 Å². The van der Waals surface area contributed by atoms with Gasteiger partial charge in [-0.1, -0.05) is 138 Å². The van der Waals surface area contributed by atoms with Gasteiger partial charge in [-0.15, -0.1) is 0 Å². The predicted octanol–water partition coefficient (Wildman–Crippen LogP) is 13.9. The molecule has 12 heteroatoms. The van der Waals surface area contributed by atoms with E-state index in [1.54, 1.807) is 18.2 Å². The largest absolute Gasteiger partial charge is 0.431 e. The Morgan fingerprint density at radius 3 is 1.19 bits per heavy atom. The second-order valence-corrected chi connectivity index (χ2v) is 30.1. The molecule has 11 nitrogen and oxygen atoms in total. The lowest BCUT2D eigenvalue weighted by Crippen LogP contribution is -2.43. The number of carbonyl (C=O) groups is 3. The van der Waals surface area contributed by atoms with Gasteiger partial charge < -0.3 is 20.7 Å². The molecule has 0 saturated carbocycles. The monoisotopic (exact) mass is 1030 g/mol. The van der Waals surface area contributed by atoms with Gasteiger partial charge >= 0.3 is 0 Å². The van der Waals surface area contributed by atoms with Crippen molar-refractivity contribution in [3.8, 4) is 12.0 Å². The molecular formula is C60H111N5O6S. The van der Waals surface area contributed by atoms with Gasteiger partial charge in [0.1, 0.15) is 6.11 Å². The summed E-state index contributed by atoms with van der Waals surface area (Å²) >= 11 is 0. The zero-order valence-electron chi connectivity index (χ0n) is 51.5. The second kappa shape index (κ2) is 30.3. The molecule has 0 bridgehead atoms. The molecule has 5 N–H and O–H groups in total. The van der Waals surface area contributed by atoms with E-state index >= 15 is 0 Å². The van der Waals surface area contributed by atoms with E-state index in [1.165, 1.54) is 5.41 Å². The number of amides is 3. The molecule has 0 aliphatic rings. The van der Waals surface area contributed by atoms with Gasteiger partial charge in [0, 0.05) is 45.5 Å². The molecule has 418 valence electrons. The van der Waals surface area contributed by atoms with Crippen LogP contribution in [0.3, 0.4) is 0 Å². The van der Waals surface area contributed by atoms with E-state index in [2.05, 4.69) is 142 Å². The van der Waals surface area contributed by atoms with Crippen molar-refractivity contribution in [2.24, 2.45) is 27.1 Å². The minimum absolute atomic E-state index is 0. The Balaban J connectivity index is -0.000000266. The Morgan fingerprint density at radius 2 is 0.903 bits per heavy atom. The van der Waals surface area contributed by atoms with Crippen LogP contribution in [-0.2, 0) is 29.1 Å². The van der Waals surface area contributed by atoms with Crippen molar-refractivity contribution in [3.05, 3.63) is 77.3 Å². The summed E-state index contributed by atoms with van der Waals surface area (Å²) < 4.78 is 30.7. The van der Waals surface area contributed by atoms with Gasteiger partial charge in [0.25, 0.3) is 0 Å². The summed E-state index contributed by atoms with van der Waals surface area (Å²) in [7, 11) is -3.30. The van der Waals surface area contributed by atoms with Crippen LogP contribution in [0.15, 0.2) is 71.7 Å². The third-order valence-corrected chi connectivity index (χ3v) is 8.88. The second-order valence-electron chi connectivity index (χ2n) is 28.6. The van der Waals surface area contributed by atoms with Gasteiger partial charge in [-0.05, 0) is 170 Å². The van der Waals surface area contributed by atoms with Crippen LogP contribution in [0.5, 0.6) is 0 Å². The number of carbonyl (C=O) groups excluding carboxylic acids is 3. The molecule has 1 aromatic rings.